The maximum absolute atomic E-state index is 13.1. The van der Waals surface area contributed by atoms with Gasteiger partial charge < -0.3 is 24.2 Å². The van der Waals surface area contributed by atoms with Crippen molar-refractivity contribution in [3.63, 3.8) is 0 Å². The molecule has 2 aromatic carbocycles. The Morgan fingerprint density at radius 1 is 0.968 bits per heavy atom. The molecule has 1 saturated heterocycles. The van der Waals surface area contributed by atoms with Crippen LogP contribution in [0.3, 0.4) is 0 Å². The van der Waals surface area contributed by atoms with Gasteiger partial charge in [-0.2, -0.15) is 0 Å². The van der Waals surface area contributed by atoms with Crippen LogP contribution in [0.25, 0.3) is 0 Å². The minimum absolute atomic E-state index is 0.0443. The number of benzene rings is 2. The molecule has 4 rings (SSSR count). The van der Waals surface area contributed by atoms with Crippen LogP contribution in [0.1, 0.15) is 33.6 Å². The number of carbonyl (C=O) groups is 2. The van der Waals surface area contributed by atoms with E-state index in [0.29, 0.717) is 48.6 Å². The second-order valence-corrected chi connectivity index (χ2v) is 8.14. The van der Waals surface area contributed by atoms with Gasteiger partial charge in [0.2, 0.25) is 0 Å². The molecule has 0 spiro atoms. The third kappa shape index (κ3) is 4.37. The van der Waals surface area contributed by atoms with Crippen molar-refractivity contribution in [1.29, 1.82) is 0 Å². The summed E-state index contributed by atoms with van der Waals surface area (Å²) in [5.74, 6) is 1.22. The molecular formula is C24H27NO6. The number of rotatable bonds is 5. The standard InChI is InChI=1S/C24H27NO6/c1-29-21-6-4-3-5-19(21)23(27)25-13-16-11-20(26)22(12-17(16)14-25)31-18-9-7-15(8-10-18)24(28)30-2/h3-10,16-17,20,22,26H,11-14H2,1-2H3/t16-,17+,20-,22-/m0/s1. The Morgan fingerprint density at radius 3 is 2.32 bits per heavy atom. The Kier molecular flexibility index (Phi) is 6.13. The molecule has 1 heterocycles. The summed E-state index contributed by atoms with van der Waals surface area (Å²) in [5.41, 5.74) is 1.00. The fraction of sp³-hybridized carbons (Fsp3) is 0.417. The number of hydrogen-bond acceptors (Lipinski definition) is 6. The van der Waals surface area contributed by atoms with Gasteiger partial charge in [-0.05, 0) is 61.1 Å². The van der Waals surface area contributed by atoms with Crippen LogP contribution in [0, 0.1) is 11.8 Å². The number of nitrogens with zero attached hydrogens (tertiary/aromatic N) is 1. The maximum Gasteiger partial charge on any atom is 0.337 e. The summed E-state index contributed by atoms with van der Waals surface area (Å²) < 4.78 is 16.1. The molecule has 0 aromatic heterocycles. The number of aliphatic hydroxyl groups is 1. The average Bonchev–Trinajstić information content (AvgIpc) is 3.21. The Labute approximate surface area is 181 Å². The third-order valence-corrected chi connectivity index (χ3v) is 6.27. The Morgan fingerprint density at radius 2 is 1.65 bits per heavy atom. The van der Waals surface area contributed by atoms with Crippen LogP contribution >= 0.6 is 0 Å². The maximum atomic E-state index is 13.1. The highest BCUT2D eigenvalue weighted by Crippen LogP contribution is 2.39. The zero-order valence-corrected chi connectivity index (χ0v) is 17.7. The fourth-order valence-corrected chi connectivity index (χ4v) is 4.64. The highest BCUT2D eigenvalue weighted by atomic mass is 16.5. The molecule has 0 bridgehead atoms. The molecule has 1 N–H and O–H groups in total. The number of aliphatic hydroxyl groups excluding tert-OH is 1. The minimum Gasteiger partial charge on any atom is -0.496 e. The zero-order valence-electron chi connectivity index (χ0n) is 17.7. The van der Waals surface area contributed by atoms with Gasteiger partial charge in [0.25, 0.3) is 5.91 Å². The molecule has 31 heavy (non-hydrogen) atoms. The Balaban J connectivity index is 1.41. The van der Waals surface area contributed by atoms with Gasteiger partial charge >= 0.3 is 5.97 Å². The summed E-state index contributed by atoms with van der Waals surface area (Å²) in [5, 5.41) is 10.7. The summed E-state index contributed by atoms with van der Waals surface area (Å²) in [6.45, 7) is 1.26. The molecule has 7 nitrogen and oxygen atoms in total. The first-order valence-corrected chi connectivity index (χ1v) is 10.5. The molecule has 0 unspecified atom stereocenters. The number of carbonyl (C=O) groups excluding carboxylic acids is 2. The van der Waals surface area contributed by atoms with Crippen LogP contribution in [0.2, 0.25) is 0 Å². The van der Waals surface area contributed by atoms with E-state index in [0.717, 1.165) is 0 Å². The van der Waals surface area contributed by atoms with E-state index in [2.05, 4.69) is 0 Å². The summed E-state index contributed by atoms with van der Waals surface area (Å²) in [7, 11) is 2.90. The van der Waals surface area contributed by atoms with Crippen molar-refractivity contribution in [2.75, 3.05) is 27.3 Å². The van der Waals surface area contributed by atoms with E-state index < -0.39 is 12.1 Å². The summed E-state index contributed by atoms with van der Waals surface area (Å²) >= 11 is 0. The van der Waals surface area contributed by atoms with Crippen LogP contribution in [-0.4, -0.2) is 61.4 Å². The molecular weight excluding hydrogens is 398 g/mol. The molecule has 1 saturated carbocycles. The zero-order chi connectivity index (χ0) is 22.0. The lowest BCUT2D eigenvalue weighted by Gasteiger charge is -2.35. The SMILES string of the molecule is COC(=O)c1ccc(O[C@H]2C[C@@H]3CN(C(=O)c4ccccc4OC)C[C@@H]3C[C@@H]2O)cc1. The predicted molar refractivity (Wildman–Crippen MR) is 113 cm³/mol. The molecule has 164 valence electrons. The van der Waals surface area contributed by atoms with E-state index in [1.54, 1.807) is 43.5 Å². The molecule has 2 aliphatic rings. The normalized spacial score (nSPS) is 24.9. The van der Waals surface area contributed by atoms with E-state index in [1.165, 1.54) is 7.11 Å². The number of esters is 1. The lowest BCUT2D eigenvalue weighted by Crippen LogP contribution is -2.42. The van der Waals surface area contributed by atoms with Crippen LogP contribution in [-0.2, 0) is 4.74 Å². The van der Waals surface area contributed by atoms with Crippen molar-refractivity contribution in [1.82, 2.24) is 4.90 Å². The second kappa shape index (κ2) is 8.98. The second-order valence-electron chi connectivity index (χ2n) is 8.14. The summed E-state index contributed by atoms with van der Waals surface area (Å²) in [6, 6.07) is 13.9. The topological polar surface area (TPSA) is 85.3 Å². The van der Waals surface area contributed by atoms with E-state index in [1.807, 2.05) is 17.0 Å². The first-order chi connectivity index (χ1) is 15.0. The third-order valence-electron chi connectivity index (χ3n) is 6.27. The van der Waals surface area contributed by atoms with Gasteiger partial charge in [-0.1, -0.05) is 12.1 Å². The summed E-state index contributed by atoms with van der Waals surface area (Å²) in [6.07, 6.45) is 0.292. The van der Waals surface area contributed by atoms with Crippen LogP contribution < -0.4 is 9.47 Å². The van der Waals surface area contributed by atoms with Crippen molar-refractivity contribution >= 4 is 11.9 Å². The molecule has 2 aromatic rings. The molecule has 1 amide bonds. The van der Waals surface area contributed by atoms with Crippen LogP contribution in [0.4, 0.5) is 0 Å². The predicted octanol–water partition coefficient (Wildman–Crippen LogP) is 2.77. The van der Waals surface area contributed by atoms with Gasteiger partial charge in [-0.3, -0.25) is 4.79 Å². The number of para-hydroxylation sites is 1. The van der Waals surface area contributed by atoms with Crippen molar-refractivity contribution < 1.29 is 28.9 Å². The van der Waals surface area contributed by atoms with Gasteiger partial charge in [-0.15, -0.1) is 0 Å². The van der Waals surface area contributed by atoms with E-state index in [-0.39, 0.29) is 23.8 Å². The van der Waals surface area contributed by atoms with Crippen molar-refractivity contribution in [2.45, 2.75) is 25.0 Å². The smallest absolute Gasteiger partial charge is 0.337 e. The Bertz CT molecular complexity index is 943. The first kappa shape index (κ1) is 21.2. The average molecular weight is 425 g/mol. The highest BCUT2D eigenvalue weighted by molar-refractivity contribution is 5.97. The number of ether oxygens (including phenoxy) is 3. The minimum atomic E-state index is -0.608. The number of amides is 1. The van der Waals surface area contributed by atoms with Gasteiger partial charge in [-0.25, -0.2) is 4.79 Å². The van der Waals surface area contributed by atoms with Gasteiger partial charge in [0.15, 0.2) is 0 Å². The van der Waals surface area contributed by atoms with Crippen molar-refractivity contribution in [3.05, 3.63) is 59.7 Å². The lowest BCUT2D eigenvalue weighted by molar-refractivity contribution is -0.0231. The lowest BCUT2D eigenvalue weighted by atomic mass is 9.78. The monoisotopic (exact) mass is 425 g/mol. The molecule has 4 atom stereocenters. The van der Waals surface area contributed by atoms with Gasteiger partial charge in [0, 0.05) is 13.1 Å². The molecule has 2 fully saturated rings. The molecule has 1 aliphatic heterocycles. The van der Waals surface area contributed by atoms with E-state index >= 15 is 0 Å². The number of likely N-dealkylation sites (tertiary alicyclic amines) is 1. The number of methoxy groups -OCH3 is 2. The molecule has 1 aliphatic carbocycles. The highest BCUT2D eigenvalue weighted by Gasteiger charge is 2.44. The molecule has 0 radical (unpaired) electrons. The fourth-order valence-electron chi connectivity index (χ4n) is 4.64. The molecule has 7 heteroatoms. The van der Waals surface area contributed by atoms with Crippen molar-refractivity contribution in [3.8, 4) is 11.5 Å². The summed E-state index contributed by atoms with van der Waals surface area (Å²) in [4.78, 5) is 26.5. The van der Waals surface area contributed by atoms with Crippen molar-refractivity contribution in [2.24, 2.45) is 11.8 Å². The van der Waals surface area contributed by atoms with Crippen LogP contribution in [0.15, 0.2) is 48.5 Å². The Hall–Kier alpha value is -3.06. The van der Waals surface area contributed by atoms with Gasteiger partial charge in [0.1, 0.15) is 17.6 Å². The largest absolute Gasteiger partial charge is 0.496 e. The number of hydrogen-bond donors (Lipinski definition) is 1. The van der Waals surface area contributed by atoms with Gasteiger partial charge in [0.05, 0.1) is 31.5 Å². The van der Waals surface area contributed by atoms with E-state index in [4.69, 9.17) is 14.2 Å². The quantitative estimate of drug-likeness (QED) is 0.742. The van der Waals surface area contributed by atoms with Crippen LogP contribution in [0.5, 0.6) is 11.5 Å². The number of fused-ring (bicyclic) bond motifs is 1. The van der Waals surface area contributed by atoms with E-state index in [9.17, 15) is 14.7 Å². The first-order valence-electron chi connectivity index (χ1n) is 10.5.